The Morgan fingerprint density at radius 3 is 3.25 bits per heavy atom. The van der Waals surface area contributed by atoms with Crippen LogP contribution in [0, 0.1) is 11.3 Å². The second kappa shape index (κ2) is 4.95. The van der Waals surface area contributed by atoms with Crippen LogP contribution in [0.1, 0.15) is 18.4 Å². The van der Waals surface area contributed by atoms with Gasteiger partial charge in [-0.05, 0) is 38.6 Å². The molecule has 4 nitrogen and oxygen atoms in total. The second-order valence-electron chi connectivity index (χ2n) is 4.11. The molecule has 2 rings (SSSR count). The van der Waals surface area contributed by atoms with Gasteiger partial charge in [0.25, 0.3) is 0 Å². The van der Waals surface area contributed by atoms with E-state index in [0.717, 1.165) is 25.9 Å². The van der Waals surface area contributed by atoms with Crippen LogP contribution in [0.5, 0.6) is 5.88 Å². The van der Waals surface area contributed by atoms with E-state index in [0.29, 0.717) is 11.4 Å². The molecule has 0 spiro atoms. The molecule has 0 radical (unpaired) electrons. The molecule has 1 aliphatic heterocycles. The van der Waals surface area contributed by atoms with Crippen LogP contribution < -0.4 is 4.74 Å². The van der Waals surface area contributed by atoms with Gasteiger partial charge in [-0.3, -0.25) is 0 Å². The standard InChI is InChI=1S/C12H15N3O/c1-15-7-3-5-11(9-15)16-12-10(8-13)4-2-6-14-12/h2,4,6,11H,3,5,7,9H2,1H3. The Morgan fingerprint density at radius 2 is 2.50 bits per heavy atom. The second-order valence-corrected chi connectivity index (χ2v) is 4.11. The molecule has 4 heteroatoms. The predicted octanol–water partition coefficient (Wildman–Crippen LogP) is 1.43. The molecule has 1 unspecified atom stereocenters. The van der Waals surface area contributed by atoms with Gasteiger partial charge < -0.3 is 9.64 Å². The van der Waals surface area contributed by atoms with Crippen molar-refractivity contribution in [2.75, 3.05) is 20.1 Å². The first-order valence-corrected chi connectivity index (χ1v) is 5.50. The van der Waals surface area contributed by atoms with Crippen molar-refractivity contribution >= 4 is 0 Å². The van der Waals surface area contributed by atoms with E-state index in [-0.39, 0.29) is 6.10 Å². The maximum absolute atomic E-state index is 8.92. The summed E-state index contributed by atoms with van der Waals surface area (Å²) in [5, 5.41) is 8.92. The number of aromatic nitrogens is 1. The van der Waals surface area contributed by atoms with Gasteiger partial charge in [0.15, 0.2) is 0 Å². The number of nitriles is 1. The molecule has 1 aromatic heterocycles. The van der Waals surface area contributed by atoms with E-state index in [1.165, 1.54) is 0 Å². The molecular weight excluding hydrogens is 202 g/mol. The Bertz CT molecular complexity index is 399. The quantitative estimate of drug-likeness (QED) is 0.752. The van der Waals surface area contributed by atoms with E-state index in [9.17, 15) is 0 Å². The monoisotopic (exact) mass is 217 g/mol. The molecule has 1 saturated heterocycles. The smallest absolute Gasteiger partial charge is 0.231 e. The zero-order valence-electron chi connectivity index (χ0n) is 9.39. The molecule has 0 saturated carbocycles. The normalized spacial score (nSPS) is 21.4. The molecule has 0 amide bonds. The van der Waals surface area contributed by atoms with Gasteiger partial charge in [0.05, 0.1) is 0 Å². The molecule has 0 aliphatic carbocycles. The lowest BCUT2D eigenvalue weighted by Crippen LogP contribution is -2.38. The van der Waals surface area contributed by atoms with Crippen molar-refractivity contribution in [1.29, 1.82) is 5.26 Å². The number of pyridine rings is 1. The van der Waals surface area contributed by atoms with Crippen molar-refractivity contribution in [3.8, 4) is 11.9 Å². The lowest BCUT2D eigenvalue weighted by molar-refractivity contribution is 0.0997. The number of piperidine rings is 1. The van der Waals surface area contributed by atoms with Gasteiger partial charge in [0, 0.05) is 12.7 Å². The molecule has 1 aromatic rings. The highest BCUT2D eigenvalue weighted by molar-refractivity contribution is 5.37. The van der Waals surface area contributed by atoms with E-state index in [4.69, 9.17) is 10.00 Å². The summed E-state index contributed by atoms with van der Waals surface area (Å²) in [6.45, 7) is 2.02. The third-order valence-electron chi connectivity index (χ3n) is 2.75. The lowest BCUT2D eigenvalue weighted by atomic mass is 10.1. The fraction of sp³-hybridized carbons (Fsp3) is 0.500. The molecule has 2 heterocycles. The molecule has 0 aromatic carbocycles. The number of ether oxygens (including phenoxy) is 1. The number of hydrogen-bond acceptors (Lipinski definition) is 4. The molecule has 1 atom stereocenters. The van der Waals surface area contributed by atoms with Gasteiger partial charge >= 0.3 is 0 Å². The van der Waals surface area contributed by atoms with Crippen molar-refractivity contribution in [1.82, 2.24) is 9.88 Å². The third-order valence-corrected chi connectivity index (χ3v) is 2.75. The van der Waals surface area contributed by atoms with Gasteiger partial charge in [-0.25, -0.2) is 4.98 Å². The molecule has 1 fully saturated rings. The SMILES string of the molecule is CN1CCCC(Oc2ncccc2C#N)C1. The first kappa shape index (κ1) is 10.9. The van der Waals surface area contributed by atoms with Crippen LogP contribution in [0.3, 0.4) is 0 Å². The van der Waals surface area contributed by atoms with Gasteiger partial charge in [-0.2, -0.15) is 5.26 Å². The van der Waals surface area contributed by atoms with Gasteiger partial charge in [0.1, 0.15) is 17.7 Å². The third kappa shape index (κ3) is 2.50. The summed E-state index contributed by atoms with van der Waals surface area (Å²) in [6.07, 6.45) is 3.98. The fourth-order valence-electron chi connectivity index (χ4n) is 1.94. The van der Waals surface area contributed by atoms with Gasteiger partial charge in [0.2, 0.25) is 5.88 Å². The van der Waals surface area contributed by atoms with Crippen LogP contribution in [-0.2, 0) is 0 Å². The van der Waals surface area contributed by atoms with Crippen molar-refractivity contribution < 1.29 is 4.74 Å². The topological polar surface area (TPSA) is 49.1 Å². The summed E-state index contributed by atoms with van der Waals surface area (Å²) in [6, 6.07) is 5.57. The van der Waals surface area contributed by atoms with Crippen LogP contribution >= 0.6 is 0 Å². The first-order chi connectivity index (χ1) is 7.79. The van der Waals surface area contributed by atoms with E-state index in [1.54, 1.807) is 18.3 Å². The van der Waals surface area contributed by atoms with Crippen molar-refractivity contribution in [2.45, 2.75) is 18.9 Å². The predicted molar refractivity (Wildman–Crippen MR) is 60.1 cm³/mol. The van der Waals surface area contributed by atoms with Crippen LogP contribution in [0.2, 0.25) is 0 Å². The molecule has 1 aliphatic rings. The molecular formula is C12H15N3O. The zero-order valence-corrected chi connectivity index (χ0v) is 9.39. The molecule has 16 heavy (non-hydrogen) atoms. The minimum Gasteiger partial charge on any atom is -0.472 e. The maximum Gasteiger partial charge on any atom is 0.231 e. The van der Waals surface area contributed by atoms with Crippen molar-refractivity contribution in [2.24, 2.45) is 0 Å². The average Bonchev–Trinajstić information content (AvgIpc) is 2.30. The van der Waals surface area contributed by atoms with E-state index >= 15 is 0 Å². The first-order valence-electron chi connectivity index (χ1n) is 5.50. The average molecular weight is 217 g/mol. The van der Waals surface area contributed by atoms with Gasteiger partial charge in [-0.15, -0.1) is 0 Å². The van der Waals surface area contributed by atoms with Crippen molar-refractivity contribution in [3.63, 3.8) is 0 Å². The summed E-state index contributed by atoms with van der Waals surface area (Å²) < 4.78 is 5.77. The Kier molecular flexibility index (Phi) is 3.37. The fourth-order valence-corrected chi connectivity index (χ4v) is 1.94. The Hall–Kier alpha value is -1.60. The summed E-state index contributed by atoms with van der Waals surface area (Å²) >= 11 is 0. The van der Waals surface area contributed by atoms with Crippen molar-refractivity contribution in [3.05, 3.63) is 23.9 Å². The van der Waals surface area contributed by atoms with Crippen LogP contribution in [0.15, 0.2) is 18.3 Å². The highest BCUT2D eigenvalue weighted by atomic mass is 16.5. The van der Waals surface area contributed by atoms with E-state index in [1.807, 2.05) is 0 Å². The number of rotatable bonds is 2. The summed E-state index contributed by atoms with van der Waals surface area (Å²) in [5.74, 6) is 0.463. The molecule has 84 valence electrons. The van der Waals surface area contributed by atoms with Gasteiger partial charge in [-0.1, -0.05) is 0 Å². The highest BCUT2D eigenvalue weighted by Gasteiger charge is 2.19. The zero-order chi connectivity index (χ0) is 11.4. The van der Waals surface area contributed by atoms with E-state index < -0.39 is 0 Å². The number of nitrogens with zero attached hydrogens (tertiary/aromatic N) is 3. The molecule has 0 N–H and O–H groups in total. The Morgan fingerprint density at radius 1 is 1.62 bits per heavy atom. The largest absolute Gasteiger partial charge is 0.472 e. The number of likely N-dealkylation sites (tertiary alicyclic amines) is 1. The molecule has 0 bridgehead atoms. The summed E-state index contributed by atoms with van der Waals surface area (Å²) in [5.41, 5.74) is 0.510. The summed E-state index contributed by atoms with van der Waals surface area (Å²) in [4.78, 5) is 6.34. The lowest BCUT2D eigenvalue weighted by Gasteiger charge is -2.29. The number of likely N-dealkylation sites (N-methyl/N-ethyl adjacent to an activating group) is 1. The van der Waals surface area contributed by atoms with Crippen LogP contribution in [0.4, 0.5) is 0 Å². The Labute approximate surface area is 95.5 Å². The highest BCUT2D eigenvalue weighted by Crippen LogP contribution is 2.18. The minimum atomic E-state index is 0.153. The van der Waals surface area contributed by atoms with Crippen LogP contribution in [-0.4, -0.2) is 36.1 Å². The van der Waals surface area contributed by atoms with E-state index in [2.05, 4.69) is 23.0 Å². The minimum absolute atomic E-state index is 0.153. The summed E-state index contributed by atoms with van der Waals surface area (Å²) in [7, 11) is 2.08. The maximum atomic E-state index is 8.92. The number of hydrogen-bond donors (Lipinski definition) is 0. The Balaban J connectivity index is 2.06. The van der Waals surface area contributed by atoms with Crippen LogP contribution in [0.25, 0.3) is 0 Å².